The first-order valence-corrected chi connectivity index (χ1v) is 7.83. The minimum Gasteiger partial charge on any atom is -0.298 e. The molecule has 20 heavy (non-hydrogen) atoms. The zero-order chi connectivity index (χ0) is 15.0. The summed E-state index contributed by atoms with van der Waals surface area (Å²) in [4.78, 5) is 25.1. The topological polar surface area (TPSA) is 34.1 Å². The quantitative estimate of drug-likeness (QED) is 0.536. The second-order valence-corrected chi connectivity index (χ2v) is 6.95. The highest BCUT2D eigenvalue weighted by atomic mass is 16.1. The van der Waals surface area contributed by atoms with E-state index in [4.69, 9.17) is 0 Å². The van der Waals surface area contributed by atoms with Crippen LogP contribution in [0.15, 0.2) is 23.8 Å². The SMILES string of the molecule is CCCCCCC(=O)C1=CC2C=CC1(C)C(=O)C2(C)C. The lowest BCUT2D eigenvalue weighted by molar-refractivity contribution is -0.137. The monoisotopic (exact) mass is 274 g/mol. The van der Waals surface area contributed by atoms with Gasteiger partial charge in [0.05, 0.1) is 5.41 Å². The molecule has 3 rings (SSSR count). The molecule has 0 spiro atoms. The number of ketones is 2. The molecule has 3 aliphatic carbocycles. The smallest absolute Gasteiger partial charge is 0.159 e. The van der Waals surface area contributed by atoms with Gasteiger partial charge in [0.15, 0.2) is 11.6 Å². The third-order valence-electron chi connectivity index (χ3n) is 4.99. The first-order valence-electron chi connectivity index (χ1n) is 7.83. The maximum atomic E-state index is 12.7. The van der Waals surface area contributed by atoms with E-state index in [1.165, 1.54) is 12.8 Å². The van der Waals surface area contributed by atoms with Gasteiger partial charge in [0.1, 0.15) is 0 Å². The number of carbonyl (C=O) groups is 2. The molecule has 2 atom stereocenters. The van der Waals surface area contributed by atoms with Crippen LogP contribution in [0.25, 0.3) is 0 Å². The Balaban J connectivity index is 2.14. The van der Waals surface area contributed by atoms with Crippen LogP contribution in [0.5, 0.6) is 0 Å². The van der Waals surface area contributed by atoms with Crippen molar-refractivity contribution >= 4 is 11.6 Å². The van der Waals surface area contributed by atoms with Crippen molar-refractivity contribution in [3.8, 4) is 0 Å². The lowest BCUT2D eigenvalue weighted by atomic mass is 9.54. The van der Waals surface area contributed by atoms with Crippen molar-refractivity contribution in [2.75, 3.05) is 0 Å². The fourth-order valence-corrected chi connectivity index (χ4v) is 3.49. The lowest BCUT2D eigenvalue weighted by Gasteiger charge is -2.47. The average molecular weight is 274 g/mol. The van der Waals surface area contributed by atoms with Crippen LogP contribution >= 0.6 is 0 Å². The molecule has 0 aliphatic heterocycles. The molecule has 0 N–H and O–H groups in total. The Kier molecular flexibility index (Phi) is 4.04. The van der Waals surface area contributed by atoms with Gasteiger partial charge in [-0.05, 0) is 13.3 Å². The number of fused-ring (bicyclic) bond motifs is 1. The van der Waals surface area contributed by atoms with E-state index in [0.29, 0.717) is 6.42 Å². The predicted octanol–water partition coefficient (Wildman–Crippen LogP) is 4.25. The summed E-state index contributed by atoms with van der Waals surface area (Å²) in [5.74, 6) is 0.435. The minimum atomic E-state index is -0.694. The fourth-order valence-electron chi connectivity index (χ4n) is 3.49. The normalized spacial score (nSPS) is 30.5. The van der Waals surface area contributed by atoms with Gasteiger partial charge < -0.3 is 0 Å². The first-order chi connectivity index (χ1) is 9.34. The number of rotatable bonds is 6. The highest BCUT2D eigenvalue weighted by Gasteiger charge is 2.53. The van der Waals surface area contributed by atoms with Gasteiger partial charge in [0.25, 0.3) is 0 Å². The van der Waals surface area contributed by atoms with Gasteiger partial charge in [0, 0.05) is 23.3 Å². The number of hydrogen-bond donors (Lipinski definition) is 0. The Morgan fingerprint density at radius 2 is 1.90 bits per heavy atom. The van der Waals surface area contributed by atoms with Crippen LogP contribution in [-0.2, 0) is 9.59 Å². The fraction of sp³-hybridized carbons (Fsp3) is 0.667. The largest absolute Gasteiger partial charge is 0.298 e. The van der Waals surface area contributed by atoms with Crippen LogP contribution in [0.4, 0.5) is 0 Å². The van der Waals surface area contributed by atoms with Gasteiger partial charge in [-0.2, -0.15) is 0 Å². The number of Topliss-reactive ketones (excluding diaryl/α,β-unsaturated/α-hetero) is 2. The van der Waals surface area contributed by atoms with Gasteiger partial charge in [-0.1, -0.05) is 58.3 Å². The molecule has 0 saturated carbocycles. The van der Waals surface area contributed by atoms with E-state index in [-0.39, 0.29) is 22.9 Å². The standard InChI is InChI=1S/C18H26O2/c1-5-6-7-8-9-15(19)14-12-13-10-11-18(14,4)16(20)17(13,2)3/h10-13H,5-9H2,1-4H3. The average Bonchev–Trinajstić information content (AvgIpc) is 2.41. The van der Waals surface area contributed by atoms with Crippen molar-refractivity contribution < 1.29 is 9.59 Å². The highest BCUT2D eigenvalue weighted by molar-refractivity contribution is 6.09. The van der Waals surface area contributed by atoms with E-state index in [9.17, 15) is 9.59 Å². The van der Waals surface area contributed by atoms with E-state index < -0.39 is 5.41 Å². The highest BCUT2D eigenvalue weighted by Crippen LogP contribution is 2.52. The van der Waals surface area contributed by atoms with Crippen molar-refractivity contribution in [2.24, 2.45) is 16.7 Å². The second-order valence-electron chi connectivity index (χ2n) is 6.95. The molecular formula is C18H26O2. The molecule has 0 aromatic rings. The molecule has 2 bridgehead atoms. The maximum absolute atomic E-state index is 12.7. The third-order valence-corrected chi connectivity index (χ3v) is 4.99. The summed E-state index contributed by atoms with van der Waals surface area (Å²) in [6, 6.07) is 0. The van der Waals surface area contributed by atoms with Crippen LogP contribution in [0.3, 0.4) is 0 Å². The van der Waals surface area contributed by atoms with Crippen molar-refractivity contribution in [2.45, 2.75) is 59.8 Å². The minimum absolute atomic E-state index is 0.0754. The summed E-state index contributed by atoms with van der Waals surface area (Å²) in [5, 5.41) is 0. The Morgan fingerprint density at radius 3 is 2.55 bits per heavy atom. The molecule has 0 fully saturated rings. The van der Waals surface area contributed by atoms with Gasteiger partial charge in [-0.3, -0.25) is 9.59 Å². The molecule has 3 aliphatic rings. The van der Waals surface area contributed by atoms with Crippen LogP contribution in [-0.4, -0.2) is 11.6 Å². The molecule has 110 valence electrons. The number of carbonyl (C=O) groups excluding carboxylic acids is 2. The number of allylic oxidation sites excluding steroid dienone is 4. The molecule has 0 amide bonds. The molecule has 0 aromatic carbocycles. The maximum Gasteiger partial charge on any atom is 0.159 e. The van der Waals surface area contributed by atoms with Crippen LogP contribution in [0.2, 0.25) is 0 Å². The summed E-state index contributed by atoms with van der Waals surface area (Å²) in [6.07, 6.45) is 11.1. The molecule has 2 heteroatoms. The summed E-state index contributed by atoms with van der Waals surface area (Å²) in [5.41, 5.74) is -0.332. The van der Waals surface area contributed by atoms with E-state index in [1.807, 2.05) is 32.9 Å². The number of unbranched alkanes of at least 4 members (excludes halogenated alkanes) is 3. The lowest BCUT2D eigenvalue weighted by Crippen LogP contribution is -2.50. The molecule has 0 saturated heterocycles. The summed E-state index contributed by atoms with van der Waals surface area (Å²) >= 11 is 0. The van der Waals surface area contributed by atoms with Crippen molar-refractivity contribution in [1.29, 1.82) is 0 Å². The Morgan fingerprint density at radius 1 is 1.20 bits per heavy atom. The summed E-state index contributed by atoms with van der Waals surface area (Å²) in [7, 11) is 0. The van der Waals surface area contributed by atoms with E-state index in [0.717, 1.165) is 18.4 Å². The zero-order valence-corrected chi connectivity index (χ0v) is 13.2. The van der Waals surface area contributed by atoms with Crippen LogP contribution < -0.4 is 0 Å². The van der Waals surface area contributed by atoms with Gasteiger partial charge in [-0.25, -0.2) is 0 Å². The van der Waals surface area contributed by atoms with Crippen LogP contribution in [0, 0.1) is 16.7 Å². The Bertz CT molecular complexity index is 482. The van der Waals surface area contributed by atoms with Gasteiger partial charge in [-0.15, -0.1) is 0 Å². The molecule has 2 unspecified atom stereocenters. The first kappa shape index (κ1) is 15.2. The van der Waals surface area contributed by atoms with Gasteiger partial charge in [0.2, 0.25) is 0 Å². The van der Waals surface area contributed by atoms with Gasteiger partial charge >= 0.3 is 0 Å². The summed E-state index contributed by atoms with van der Waals surface area (Å²) in [6.45, 7) is 8.04. The summed E-state index contributed by atoms with van der Waals surface area (Å²) < 4.78 is 0. The van der Waals surface area contributed by atoms with E-state index >= 15 is 0 Å². The predicted molar refractivity (Wildman–Crippen MR) is 81.4 cm³/mol. The second kappa shape index (κ2) is 5.31. The molecular weight excluding hydrogens is 248 g/mol. The molecule has 0 aromatic heterocycles. The van der Waals surface area contributed by atoms with Crippen molar-refractivity contribution in [1.82, 2.24) is 0 Å². The Labute approximate surface area is 122 Å². The molecule has 2 nitrogen and oxygen atoms in total. The van der Waals surface area contributed by atoms with Crippen LogP contribution in [0.1, 0.15) is 59.8 Å². The van der Waals surface area contributed by atoms with E-state index in [1.54, 1.807) is 0 Å². The van der Waals surface area contributed by atoms with Crippen molar-refractivity contribution in [3.63, 3.8) is 0 Å². The third kappa shape index (κ3) is 2.30. The Hall–Kier alpha value is -1.18. The zero-order valence-electron chi connectivity index (χ0n) is 13.2. The molecule has 0 radical (unpaired) electrons. The molecule has 0 heterocycles. The number of hydrogen-bond acceptors (Lipinski definition) is 2. The van der Waals surface area contributed by atoms with Crippen molar-refractivity contribution in [3.05, 3.63) is 23.8 Å². The van der Waals surface area contributed by atoms with E-state index in [2.05, 4.69) is 13.0 Å².